The van der Waals surface area contributed by atoms with Crippen LogP contribution >= 0.6 is 7.82 Å². The van der Waals surface area contributed by atoms with E-state index in [0.717, 1.165) is 57.8 Å². The van der Waals surface area contributed by atoms with Crippen LogP contribution in [0.3, 0.4) is 0 Å². The molecule has 9 heteroatoms. The Morgan fingerprint density at radius 3 is 1.71 bits per heavy atom. The highest BCUT2D eigenvalue weighted by molar-refractivity contribution is 7.47. The second kappa shape index (κ2) is 32.9. The SMILES string of the molecule is CCCC/C=C\C/C=C\CCCCCCCC(=O)OC(COCCCCCCCC/C=C\CCCC)COP(=O)(O)OCC[N+](C)(C)C. The summed E-state index contributed by atoms with van der Waals surface area (Å²) in [6.45, 7) is 5.50. The zero-order chi connectivity index (χ0) is 35.6. The summed E-state index contributed by atoms with van der Waals surface area (Å²) in [4.78, 5) is 22.8. The Balaban J connectivity index is 4.34. The van der Waals surface area contributed by atoms with Crippen LogP contribution in [0.2, 0.25) is 0 Å². The topological polar surface area (TPSA) is 91.3 Å². The first-order valence-corrected chi connectivity index (χ1v) is 20.7. The summed E-state index contributed by atoms with van der Waals surface area (Å²) in [5.41, 5.74) is 0. The third-order valence-electron chi connectivity index (χ3n) is 7.92. The Kier molecular flexibility index (Phi) is 32.0. The lowest BCUT2D eigenvalue weighted by Crippen LogP contribution is -2.37. The van der Waals surface area contributed by atoms with E-state index in [-0.39, 0.29) is 25.8 Å². The molecule has 0 bridgehead atoms. The molecule has 48 heavy (non-hydrogen) atoms. The average Bonchev–Trinajstić information content (AvgIpc) is 3.03. The average molecular weight is 701 g/mol. The Hall–Kier alpha value is -1.28. The van der Waals surface area contributed by atoms with E-state index >= 15 is 0 Å². The predicted molar refractivity (Wildman–Crippen MR) is 201 cm³/mol. The zero-order valence-electron chi connectivity index (χ0n) is 31.7. The normalized spacial score (nSPS) is 14.4. The molecule has 0 aliphatic heterocycles. The van der Waals surface area contributed by atoms with Crippen LogP contribution < -0.4 is 0 Å². The second-order valence-electron chi connectivity index (χ2n) is 13.9. The van der Waals surface area contributed by atoms with Gasteiger partial charge < -0.3 is 18.9 Å². The maximum atomic E-state index is 12.6. The Morgan fingerprint density at radius 2 is 1.15 bits per heavy atom. The molecule has 0 aliphatic carbocycles. The third kappa shape index (κ3) is 36.0. The number of carbonyl (C=O) groups excluding carboxylic acids is 1. The number of rotatable bonds is 35. The summed E-state index contributed by atoms with van der Waals surface area (Å²) < 4.78 is 34.8. The number of quaternary nitrogens is 1. The monoisotopic (exact) mass is 701 g/mol. The number of hydrogen-bond acceptors (Lipinski definition) is 6. The quantitative estimate of drug-likeness (QED) is 0.0231. The lowest BCUT2D eigenvalue weighted by Gasteiger charge is -2.24. The van der Waals surface area contributed by atoms with Crippen molar-refractivity contribution in [3.05, 3.63) is 36.5 Å². The standard InChI is InChI=1S/C39H74NO7P/c1-6-8-10-12-14-16-18-20-21-22-24-26-28-30-32-39(41)47-38(37-46-48(42,43)45-35-33-40(3,4)5)36-44-34-31-29-27-25-23-19-17-15-13-11-9-7-2/h12-15,18,20,38H,6-11,16-17,19,21-37H2,1-5H3/p+1/b14-12-,15-13-,20-18-. The zero-order valence-corrected chi connectivity index (χ0v) is 32.6. The molecular formula is C39H75NO7P+. The fourth-order valence-corrected chi connectivity index (χ4v) is 5.58. The smallest absolute Gasteiger partial charge is 0.457 e. The van der Waals surface area contributed by atoms with E-state index in [9.17, 15) is 14.3 Å². The van der Waals surface area contributed by atoms with Crippen molar-refractivity contribution in [2.24, 2.45) is 0 Å². The van der Waals surface area contributed by atoms with Crippen molar-refractivity contribution < 1.29 is 37.3 Å². The molecule has 0 fully saturated rings. The fourth-order valence-electron chi connectivity index (χ4n) is 4.84. The predicted octanol–water partition coefficient (Wildman–Crippen LogP) is 10.7. The van der Waals surface area contributed by atoms with Crippen molar-refractivity contribution in [2.45, 2.75) is 155 Å². The number of esters is 1. The number of phosphoric ester groups is 1. The molecule has 2 unspecified atom stereocenters. The van der Waals surface area contributed by atoms with Crippen LogP contribution in [0.4, 0.5) is 0 Å². The van der Waals surface area contributed by atoms with Crippen LogP contribution in [0.15, 0.2) is 36.5 Å². The summed E-state index contributed by atoms with van der Waals surface area (Å²) in [6.07, 6.45) is 35.9. The van der Waals surface area contributed by atoms with Crippen molar-refractivity contribution in [3.8, 4) is 0 Å². The lowest BCUT2D eigenvalue weighted by molar-refractivity contribution is -0.870. The number of allylic oxidation sites excluding steroid dienone is 6. The van der Waals surface area contributed by atoms with Crippen molar-refractivity contribution in [2.75, 3.05) is 54.1 Å². The Labute approximate surface area is 295 Å². The summed E-state index contributed by atoms with van der Waals surface area (Å²) in [5, 5.41) is 0. The number of likely N-dealkylation sites (N-methyl/N-ethyl adjacent to an activating group) is 1. The van der Waals surface area contributed by atoms with Gasteiger partial charge in [-0.05, 0) is 57.8 Å². The molecule has 282 valence electrons. The molecule has 8 nitrogen and oxygen atoms in total. The lowest BCUT2D eigenvalue weighted by atomic mass is 10.1. The van der Waals surface area contributed by atoms with Gasteiger partial charge in [-0.3, -0.25) is 13.8 Å². The highest BCUT2D eigenvalue weighted by Crippen LogP contribution is 2.43. The number of nitrogens with zero attached hydrogens (tertiary/aromatic N) is 1. The molecule has 0 aliphatic rings. The molecule has 0 spiro atoms. The van der Waals surface area contributed by atoms with Gasteiger partial charge in [0.2, 0.25) is 0 Å². The second-order valence-corrected chi connectivity index (χ2v) is 15.4. The molecule has 0 saturated carbocycles. The highest BCUT2D eigenvalue weighted by Gasteiger charge is 2.26. The molecule has 2 atom stereocenters. The van der Waals surface area contributed by atoms with Gasteiger partial charge in [0, 0.05) is 13.0 Å². The van der Waals surface area contributed by atoms with Crippen LogP contribution in [-0.2, 0) is 27.9 Å². The van der Waals surface area contributed by atoms with Crippen molar-refractivity contribution in [1.82, 2.24) is 0 Å². The summed E-state index contributed by atoms with van der Waals surface area (Å²) >= 11 is 0. The van der Waals surface area contributed by atoms with Gasteiger partial charge >= 0.3 is 13.8 Å². The first-order chi connectivity index (χ1) is 23.1. The molecule has 0 amide bonds. The number of unbranched alkanes of at least 4 members (excludes halogenated alkanes) is 15. The van der Waals surface area contributed by atoms with E-state index in [1.165, 1.54) is 70.6 Å². The van der Waals surface area contributed by atoms with Gasteiger partial charge in [0.25, 0.3) is 0 Å². The number of ether oxygens (including phenoxy) is 2. The van der Waals surface area contributed by atoms with E-state index in [1.807, 2.05) is 21.1 Å². The van der Waals surface area contributed by atoms with Crippen molar-refractivity contribution in [3.63, 3.8) is 0 Å². The van der Waals surface area contributed by atoms with E-state index in [4.69, 9.17) is 18.5 Å². The Bertz CT molecular complexity index is 869. The molecule has 1 N–H and O–H groups in total. The number of hydrogen-bond donors (Lipinski definition) is 1. The molecule has 0 aromatic rings. The molecule has 0 aromatic carbocycles. The first kappa shape index (κ1) is 46.7. The summed E-state index contributed by atoms with van der Waals surface area (Å²) in [6, 6.07) is 0. The molecule has 0 heterocycles. The van der Waals surface area contributed by atoms with E-state index in [1.54, 1.807) is 0 Å². The molecular weight excluding hydrogens is 625 g/mol. The van der Waals surface area contributed by atoms with Crippen molar-refractivity contribution >= 4 is 13.8 Å². The van der Waals surface area contributed by atoms with Crippen LogP contribution in [0, 0.1) is 0 Å². The molecule has 0 rings (SSSR count). The Morgan fingerprint density at radius 1 is 0.646 bits per heavy atom. The van der Waals surface area contributed by atoms with Crippen LogP contribution in [0.25, 0.3) is 0 Å². The minimum atomic E-state index is -4.27. The highest BCUT2D eigenvalue weighted by atomic mass is 31.2. The van der Waals surface area contributed by atoms with Gasteiger partial charge in [-0.15, -0.1) is 0 Å². The van der Waals surface area contributed by atoms with E-state index in [2.05, 4.69) is 50.3 Å². The van der Waals surface area contributed by atoms with Crippen molar-refractivity contribution in [1.29, 1.82) is 0 Å². The minimum absolute atomic E-state index is 0.0840. The van der Waals surface area contributed by atoms with Crippen LogP contribution in [-0.4, -0.2) is 75.6 Å². The minimum Gasteiger partial charge on any atom is -0.457 e. The maximum Gasteiger partial charge on any atom is 0.472 e. The first-order valence-electron chi connectivity index (χ1n) is 19.2. The summed E-state index contributed by atoms with van der Waals surface area (Å²) in [7, 11) is 1.65. The van der Waals surface area contributed by atoms with Gasteiger partial charge in [0.1, 0.15) is 19.3 Å². The van der Waals surface area contributed by atoms with Gasteiger partial charge in [-0.1, -0.05) is 121 Å². The van der Waals surface area contributed by atoms with Gasteiger partial charge in [0.15, 0.2) is 0 Å². The van der Waals surface area contributed by atoms with E-state index in [0.29, 0.717) is 24.1 Å². The molecule has 0 saturated heterocycles. The number of phosphoric acid groups is 1. The summed E-state index contributed by atoms with van der Waals surface area (Å²) in [5.74, 6) is -0.332. The van der Waals surface area contributed by atoms with Crippen LogP contribution in [0.1, 0.15) is 149 Å². The maximum absolute atomic E-state index is 12.6. The largest absolute Gasteiger partial charge is 0.472 e. The molecule has 0 radical (unpaired) electrons. The van der Waals surface area contributed by atoms with Gasteiger partial charge in [-0.25, -0.2) is 4.57 Å². The number of carbonyl (C=O) groups is 1. The van der Waals surface area contributed by atoms with Gasteiger partial charge in [0.05, 0.1) is 34.4 Å². The molecule has 0 aromatic heterocycles. The van der Waals surface area contributed by atoms with E-state index < -0.39 is 13.9 Å². The van der Waals surface area contributed by atoms with Crippen LogP contribution in [0.5, 0.6) is 0 Å². The fraction of sp³-hybridized carbons (Fsp3) is 0.821. The third-order valence-corrected chi connectivity index (χ3v) is 8.91. The van der Waals surface area contributed by atoms with Gasteiger partial charge in [-0.2, -0.15) is 0 Å².